The first-order valence-corrected chi connectivity index (χ1v) is 8.27. The van der Waals surface area contributed by atoms with Crippen LogP contribution < -0.4 is 15.6 Å². The quantitative estimate of drug-likeness (QED) is 0.711. The van der Waals surface area contributed by atoms with Crippen LogP contribution in [0, 0.1) is 6.92 Å². The van der Waals surface area contributed by atoms with E-state index in [1.807, 2.05) is 6.92 Å². The van der Waals surface area contributed by atoms with E-state index >= 15 is 0 Å². The van der Waals surface area contributed by atoms with Gasteiger partial charge in [0.05, 0.1) is 5.69 Å². The predicted molar refractivity (Wildman–Crippen MR) is 93.9 cm³/mol. The molecule has 0 atom stereocenters. The summed E-state index contributed by atoms with van der Waals surface area (Å²) in [6.07, 6.45) is 1.44. The summed E-state index contributed by atoms with van der Waals surface area (Å²) >= 11 is 1.25. The Morgan fingerprint density at radius 1 is 1.27 bits per heavy atom. The first-order chi connectivity index (χ1) is 12.4. The lowest BCUT2D eigenvalue weighted by Gasteiger charge is -2.05. The third-order valence-corrected chi connectivity index (χ3v) is 4.32. The zero-order valence-corrected chi connectivity index (χ0v) is 14.3. The third kappa shape index (κ3) is 3.94. The molecule has 1 amide bonds. The van der Waals surface area contributed by atoms with Gasteiger partial charge in [-0.1, -0.05) is 0 Å². The fourth-order valence-electron chi connectivity index (χ4n) is 2.28. The van der Waals surface area contributed by atoms with E-state index in [9.17, 15) is 18.4 Å². The van der Waals surface area contributed by atoms with Gasteiger partial charge in [0.25, 0.3) is 11.5 Å². The third-order valence-electron chi connectivity index (χ3n) is 3.43. The molecule has 0 fully saturated rings. The van der Waals surface area contributed by atoms with Crippen LogP contribution in [0.2, 0.25) is 0 Å². The number of carbonyl (C=O) groups excluding carboxylic acids is 1. The Kier molecular flexibility index (Phi) is 5.08. The number of anilines is 1. The molecule has 26 heavy (non-hydrogen) atoms. The molecule has 2 N–H and O–H groups in total. The van der Waals surface area contributed by atoms with Crippen LogP contribution >= 0.6 is 11.3 Å². The van der Waals surface area contributed by atoms with Crippen LogP contribution in [0.25, 0.3) is 11.3 Å². The fraction of sp³-hybridized carbons (Fsp3) is 0.118. The minimum Gasteiger partial charge on any atom is -0.435 e. The Bertz CT molecular complexity index is 983. The van der Waals surface area contributed by atoms with Gasteiger partial charge >= 0.3 is 6.61 Å². The Balaban J connectivity index is 1.80. The molecule has 3 rings (SSSR count). The second-order valence-electron chi connectivity index (χ2n) is 5.19. The summed E-state index contributed by atoms with van der Waals surface area (Å²) in [5.74, 6) is -0.513. The number of aromatic nitrogens is 2. The predicted octanol–water partition coefficient (Wildman–Crippen LogP) is 3.66. The van der Waals surface area contributed by atoms with Gasteiger partial charge in [0.2, 0.25) is 0 Å². The Morgan fingerprint density at radius 3 is 2.65 bits per heavy atom. The van der Waals surface area contributed by atoms with Gasteiger partial charge in [-0.05, 0) is 43.3 Å². The number of aryl methyl sites for hydroxylation is 1. The summed E-state index contributed by atoms with van der Waals surface area (Å²) in [5.41, 5.74) is 0.790. The summed E-state index contributed by atoms with van der Waals surface area (Å²) in [6.45, 7) is -1.06. The highest BCUT2D eigenvalue weighted by Crippen LogP contribution is 2.31. The number of ether oxygens (including phenoxy) is 1. The van der Waals surface area contributed by atoms with Gasteiger partial charge in [0.1, 0.15) is 11.3 Å². The van der Waals surface area contributed by atoms with Crippen LogP contribution in [-0.4, -0.2) is 22.5 Å². The molecule has 0 spiro atoms. The van der Waals surface area contributed by atoms with Crippen molar-refractivity contribution in [2.24, 2.45) is 0 Å². The van der Waals surface area contributed by atoms with Crippen LogP contribution in [0.3, 0.4) is 0 Å². The van der Waals surface area contributed by atoms with Crippen LogP contribution in [0.4, 0.5) is 13.9 Å². The van der Waals surface area contributed by atoms with Crippen molar-refractivity contribution in [3.63, 3.8) is 0 Å². The van der Waals surface area contributed by atoms with Gasteiger partial charge in [-0.15, -0.1) is 11.3 Å². The van der Waals surface area contributed by atoms with Crippen molar-refractivity contribution in [2.75, 3.05) is 5.32 Å². The van der Waals surface area contributed by atoms with Crippen LogP contribution in [-0.2, 0) is 0 Å². The van der Waals surface area contributed by atoms with Crippen LogP contribution in [0.15, 0.2) is 47.4 Å². The van der Waals surface area contributed by atoms with Crippen molar-refractivity contribution in [3.05, 3.63) is 63.4 Å². The zero-order chi connectivity index (χ0) is 18.7. The second-order valence-corrected chi connectivity index (χ2v) is 6.40. The van der Waals surface area contributed by atoms with E-state index in [1.165, 1.54) is 35.7 Å². The molecule has 9 heteroatoms. The average Bonchev–Trinajstić information content (AvgIpc) is 2.95. The molecule has 0 saturated carbocycles. The number of nitrogens with zero attached hydrogens (tertiary/aromatic N) is 1. The summed E-state index contributed by atoms with van der Waals surface area (Å²) in [4.78, 5) is 31.4. The number of hydrogen-bond donors (Lipinski definition) is 2. The van der Waals surface area contributed by atoms with E-state index in [2.05, 4.69) is 20.0 Å². The minimum absolute atomic E-state index is 0.0181. The van der Waals surface area contributed by atoms with Crippen molar-refractivity contribution < 1.29 is 18.3 Å². The maximum absolute atomic E-state index is 12.2. The summed E-state index contributed by atoms with van der Waals surface area (Å²) in [6, 6.07) is 9.01. The van der Waals surface area contributed by atoms with Crippen LogP contribution in [0.1, 0.15) is 15.2 Å². The smallest absolute Gasteiger partial charge is 0.387 e. The monoisotopic (exact) mass is 377 g/mol. The van der Waals surface area contributed by atoms with E-state index in [4.69, 9.17) is 0 Å². The molecule has 134 valence electrons. The van der Waals surface area contributed by atoms with Crippen molar-refractivity contribution in [3.8, 4) is 17.0 Å². The van der Waals surface area contributed by atoms with Gasteiger partial charge in [0.15, 0.2) is 5.13 Å². The molecule has 0 aliphatic heterocycles. The number of hydrogen-bond acceptors (Lipinski definition) is 5. The Hall–Kier alpha value is -3.07. The first-order valence-electron chi connectivity index (χ1n) is 7.46. The maximum atomic E-state index is 12.2. The van der Waals surface area contributed by atoms with Crippen LogP contribution in [0.5, 0.6) is 5.75 Å². The largest absolute Gasteiger partial charge is 0.435 e. The molecule has 0 aliphatic carbocycles. The van der Waals surface area contributed by atoms with Gasteiger partial charge < -0.3 is 9.72 Å². The number of nitrogens with one attached hydrogen (secondary N) is 2. The number of thiazole rings is 1. The summed E-state index contributed by atoms with van der Waals surface area (Å²) < 4.78 is 28.7. The number of aromatic amines is 1. The van der Waals surface area contributed by atoms with E-state index in [0.29, 0.717) is 16.4 Å². The van der Waals surface area contributed by atoms with E-state index in [-0.39, 0.29) is 11.3 Å². The molecule has 6 nitrogen and oxygen atoms in total. The zero-order valence-electron chi connectivity index (χ0n) is 13.5. The normalized spacial score (nSPS) is 10.8. The van der Waals surface area contributed by atoms with Crippen molar-refractivity contribution >= 4 is 22.4 Å². The number of pyridine rings is 1. The fourth-order valence-corrected chi connectivity index (χ4v) is 3.11. The highest BCUT2D eigenvalue weighted by molar-refractivity contribution is 7.16. The molecule has 1 aromatic carbocycles. The van der Waals surface area contributed by atoms with Crippen molar-refractivity contribution in [1.29, 1.82) is 0 Å². The molecule has 0 bridgehead atoms. The molecule has 0 radical (unpaired) electrons. The average molecular weight is 377 g/mol. The van der Waals surface area contributed by atoms with Gasteiger partial charge in [-0.2, -0.15) is 8.78 Å². The van der Waals surface area contributed by atoms with Gasteiger partial charge in [-0.25, -0.2) is 4.98 Å². The number of benzene rings is 1. The minimum atomic E-state index is -2.88. The van der Waals surface area contributed by atoms with Crippen molar-refractivity contribution in [2.45, 2.75) is 13.5 Å². The molecule has 0 unspecified atom stereocenters. The molecule has 0 saturated heterocycles. The number of H-pyrrole nitrogens is 1. The second kappa shape index (κ2) is 7.44. The summed E-state index contributed by atoms with van der Waals surface area (Å²) in [5, 5.41) is 2.92. The lowest BCUT2D eigenvalue weighted by atomic mass is 10.1. The van der Waals surface area contributed by atoms with Gasteiger partial charge in [-0.3, -0.25) is 14.9 Å². The first kappa shape index (κ1) is 17.7. The van der Waals surface area contributed by atoms with Crippen molar-refractivity contribution in [1.82, 2.24) is 9.97 Å². The number of rotatable bonds is 5. The van der Waals surface area contributed by atoms with Gasteiger partial charge in [0, 0.05) is 16.6 Å². The molecule has 2 aromatic heterocycles. The molecular formula is C17H13F2N3O3S. The number of amides is 1. The molecule has 2 heterocycles. The molecule has 0 aliphatic rings. The highest BCUT2D eigenvalue weighted by Gasteiger charge is 2.15. The number of halogens is 2. The SMILES string of the molecule is Cc1sc(NC(=O)c2ccc[nH]c2=O)nc1-c1ccc(OC(F)F)cc1. The maximum Gasteiger partial charge on any atom is 0.387 e. The van der Waals surface area contributed by atoms with E-state index in [1.54, 1.807) is 18.2 Å². The Morgan fingerprint density at radius 2 is 2.00 bits per heavy atom. The number of alkyl halides is 2. The topological polar surface area (TPSA) is 84.1 Å². The standard InChI is InChI=1S/C17H13F2N3O3S/c1-9-13(10-4-6-11(7-5-10)25-16(18)19)21-17(26-9)22-15(24)12-3-2-8-20-14(12)23/h2-8,16H,1H3,(H,20,23)(H,21,22,24). The molecule has 3 aromatic rings. The van der Waals surface area contributed by atoms with E-state index in [0.717, 1.165) is 4.88 Å². The van der Waals surface area contributed by atoms with E-state index < -0.39 is 18.1 Å². The summed E-state index contributed by atoms with van der Waals surface area (Å²) in [7, 11) is 0. The lowest BCUT2D eigenvalue weighted by molar-refractivity contribution is -0.0498. The Labute approximate surface area is 150 Å². The molecular weight excluding hydrogens is 364 g/mol. The lowest BCUT2D eigenvalue weighted by Crippen LogP contribution is -2.22. The number of carbonyl (C=O) groups is 1. The highest BCUT2D eigenvalue weighted by atomic mass is 32.1.